The van der Waals surface area contributed by atoms with Gasteiger partial charge in [0.25, 0.3) is 5.91 Å². The fourth-order valence-electron chi connectivity index (χ4n) is 2.75. The Hall–Kier alpha value is -2.85. The number of hydrogen-bond donors (Lipinski definition) is 2. The molecule has 0 radical (unpaired) electrons. The summed E-state index contributed by atoms with van der Waals surface area (Å²) in [7, 11) is 0. The van der Waals surface area contributed by atoms with Crippen LogP contribution in [0.3, 0.4) is 0 Å². The maximum Gasteiger partial charge on any atom is 0.268 e. The summed E-state index contributed by atoms with van der Waals surface area (Å²) in [5, 5.41) is 24.0. The second-order valence-corrected chi connectivity index (χ2v) is 9.49. The summed E-state index contributed by atoms with van der Waals surface area (Å²) in [6.07, 6.45) is 1.34. The first-order valence-corrected chi connectivity index (χ1v) is 10.9. The summed E-state index contributed by atoms with van der Waals surface area (Å²) in [5.41, 5.74) is 3.22. The second kappa shape index (κ2) is 9.11. The monoisotopic (exact) mass is 471 g/mol. The lowest BCUT2D eigenvalue weighted by Gasteiger charge is -2.18. The van der Waals surface area contributed by atoms with Crippen LogP contribution in [-0.4, -0.2) is 16.0 Å². The standard InChI is InChI=1S/C23H19Cl2N3O2S/c1-23(2,3)16-6-4-14(5-7-16)19-12-31-22(27-19)28-21(30)15(11-26)8-13-9-17(24)20(29)18(25)10-13/h4-10,12,29H,1-3H3,(H,27,28,30)/b15-8+. The summed E-state index contributed by atoms with van der Waals surface area (Å²) >= 11 is 13.1. The summed E-state index contributed by atoms with van der Waals surface area (Å²) in [6, 6.07) is 12.8. The number of thiazole rings is 1. The van der Waals surface area contributed by atoms with Crippen molar-refractivity contribution in [1.29, 1.82) is 5.26 Å². The van der Waals surface area contributed by atoms with E-state index in [9.17, 15) is 15.2 Å². The van der Waals surface area contributed by atoms with Crippen LogP contribution in [0.5, 0.6) is 5.75 Å². The van der Waals surface area contributed by atoms with Crippen molar-refractivity contribution in [3.05, 3.63) is 68.5 Å². The number of rotatable bonds is 4. The molecule has 2 aromatic carbocycles. The molecule has 0 aliphatic carbocycles. The van der Waals surface area contributed by atoms with Gasteiger partial charge in [0.1, 0.15) is 11.6 Å². The highest BCUT2D eigenvalue weighted by atomic mass is 35.5. The van der Waals surface area contributed by atoms with Crippen molar-refractivity contribution in [3.63, 3.8) is 0 Å². The lowest BCUT2D eigenvalue weighted by molar-refractivity contribution is -0.112. The molecule has 0 spiro atoms. The van der Waals surface area contributed by atoms with Gasteiger partial charge in [0.2, 0.25) is 0 Å². The van der Waals surface area contributed by atoms with E-state index in [1.165, 1.54) is 35.1 Å². The maximum absolute atomic E-state index is 12.5. The Morgan fingerprint density at radius 3 is 2.35 bits per heavy atom. The number of phenolic OH excluding ortho intramolecular Hbond substituents is 1. The average Bonchev–Trinajstić information content (AvgIpc) is 3.18. The van der Waals surface area contributed by atoms with Crippen LogP contribution in [0.15, 0.2) is 47.4 Å². The molecular weight excluding hydrogens is 453 g/mol. The summed E-state index contributed by atoms with van der Waals surface area (Å²) < 4.78 is 0. The van der Waals surface area contributed by atoms with E-state index in [1.54, 1.807) is 0 Å². The van der Waals surface area contributed by atoms with Crippen LogP contribution in [0, 0.1) is 11.3 Å². The zero-order valence-corrected chi connectivity index (χ0v) is 19.4. The number of aromatic hydroxyl groups is 1. The number of carbonyl (C=O) groups excluding carboxylic acids is 1. The van der Waals surface area contributed by atoms with Crippen LogP contribution in [0.1, 0.15) is 31.9 Å². The molecule has 0 unspecified atom stereocenters. The highest BCUT2D eigenvalue weighted by Crippen LogP contribution is 2.33. The van der Waals surface area contributed by atoms with Crippen molar-refractivity contribution in [2.75, 3.05) is 5.32 Å². The number of nitrogens with zero attached hydrogens (tertiary/aromatic N) is 2. The Morgan fingerprint density at radius 1 is 1.19 bits per heavy atom. The maximum atomic E-state index is 12.5. The van der Waals surface area contributed by atoms with E-state index < -0.39 is 5.91 Å². The molecule has 3 aromatic rings. The number of nitrogens with one attached hydrogen (secondary N) is 1. The van der Waals surface area contributed by atoms with Crippen molar-refractivity contribution in [2.45, 2.75) is 26.2 Å². The number of nitriles is 1. The molecule has 2 N–H and O–H groups in total. The van der Waals surface area contributed by atoms with E-state index in [1.807, 2.05) is 23.6 Å². The number of phenols is 1. The van der Waals surface area contributed by atoms with Gasteiger partial charge >= 0.3 is 0 Å². The minimum absolute atomic E-state index is 0.0264. The predicted octanol–water partition coefficient (Wildman–Crippen LogP) is 6.67. The van der Waals surface area contributed by atoms with Gasteiger partial charge in [0, 0.05) is 10.9 Å². The molecule has 0 aliphatic rings. The van der Waals surface area contributed by atoms with Crippen molar-refractivity contribution < 1.29 is 9.90 Å². The molecule has 1 amide bonds. The number of carbonyl (C=O) groups is 1. The van der Waals surface area contributed by atoms with E-state index in [-0.39, 0.29) is 26.8 Å². The molecule has 0 aliphatic heterocycles. The molecule has 0 atom stereocenters. The average molecular weight is 472 g/mol. The highest BCUT2D eigenvalue weighted by Gasteiger charge is 2.16. The normalized spacial score (nSPS) is 11.8. The van der Waals surface area contributed by atoms with Gasteiger partial charge in [-0.2, -0.15) is 5.26 Å². The van der Waals surface area contributed by atoms with Crippen LogP contribution in [0.25, 0.3) is 17.3 Å². The molecule has 3 rings (SSSR count). The Labute approximate surface area is 194 Å². The third kappa shape index (κ3) is 5.45. The minimum Gasteiger partial charge on any atom is -0.505 e. The Bertz CT molecular complexity index is 1180. The topological polar surface area (TPSA) is 86.0 Å². The quantitative estimate of drug-likeness (QED) is 0.328. The van der Waals surface area contributed by atoms with E-state index in [4.69, 9.17) is 23.2 Å². The number of aromatic nitrogens is 1. The number of amides is 1. The smallest absolute Gasteiger partial charge is 0.268 e. The lowest BCUT2D eigenvalue weighted by atomic mass is 9.86. The lowest BCUT2D eigenvalue weighted by Crippen LogP contribution is -2.13. The Morgan fingerprint density at radius 2 is 1.81 bits per heavy atom. The van der Waals surface area contributed by atoms with E-state index in [2.05, 4.69) is 43.2 Å². The van der Waals surface area contributed by atoms with Crippen LogP contribution < -0.4 is 5.32 Å². The summed E-state index contributed by atoms with van der Waals surface area (Å²) in [6.45, 7) is 6.45. The Kier molecular flexibility index (Phi) is 6.71. The summed E-state index contributed by atoms with van der Waals surface area (Å²) in [5.74, 6) is -0.860. The molecule has 31 heavy (non-hydrogen) atoms. The number of anilines is 1. The van der Waals surface area contributed by atoms with E-state index >= 15 is 0 Å². The van der Waals surface area contributed by atoms with Gasteiger partial charge in [-0.05, 0) is 34.8 Å². The predicted molar refractivity (Wildman–Crippen MR) is 127 cm³/mol. The van der Waals surface area contributed by atoms with Crippen LogP contribution in [-0.2, 0) is 10.2 Å². The molecule has 0 fully saturated rings. The number of benzene rings is 2. The molecule has 8 heteroatoms. The van der Waals surface area contributed by atoms with Gasteiger partial charge in [-0.1, -0.05) is 68.2 Å². The van der Waals surface area contributed by atoms with Gasteiger partial charge in [-0.15, -0.1) is 11.3 Å². The van der Waals surface area contributed by atoms with Gasteiger partial charge in [0.05, 0.1) is 15.7 Å². The van der Waals surface area contributed by atoms with Crippen molar-refractivity contribution in [3.8, 4) is 23.1 Å². The molecule has 1 aromatic heterocycles. The first-order valence-electron chi connectivity index (χ1n) is 9.26. The molecule has 1 heterocycles. The van der Waals surface area contributed by atoms with Gasteiger partial charge in [-0.3, -0.25) is 10.1 Å². The van der Waals surface area contributed by atoms with Crippen molar-refractivity contribution in [2.24, 2.45) is 0 Å². The van der Waals surface area contributed by atoms with Crippen LogP contribution >= 0.6 is 34.5 Å². The van der Waals surface area contributed by atoms with Gasteiger partial charge in [0.15, 0.2) is 10.9 Å². The fraction of sp³-hybridized carbons (Fsp3) is 0.174. The van der Waals surface area contributed by atoms with Gasteiger partial charge in [-0.25, -0.2) is 4.98 Å². The largest absolute Gasteiger partial charge is 0.505 e. The summed E-state index contributed by atoms with van der Waals surface area (Å²) in [4.78, 5) is 17.0. The van der Waals surface area contributed by atoms with Crippen molar-refractivity contribution in [1.82, 2.24) is 4.98 Å². The fourth-order valence-corrected chi connectivity index (χ4v) is 3.97. The van der Waals surface area contributed by atoms with E-state index in [0.29, 0.717) is 10.7 Å². The van der Waals surface area contributed by atoms with Gasteiger partial charge < -0.3 is 5.11 Å². The molecule has 0 bridgehead atoms. The zero-order valence-electron chi connectivity index (χ0n) is 17.0. The minimum atomic E-state index is -0.605. The van der Waals surface area contributed by atoms with Crippen LogP contribution in [0.4, 0.5) is 5.13 Å². The first-order chi connectivity index (χ1) is 14.6. The first kappa shape index (κ1) is 22.8. The molecule has 5 nitrogen and oxygen atoms in total. The number of halogens is 2. The highest BCUT2D eigenvalue weighted by molar-refractivity contribution is 7.14. The zero-order chi connectivity index (χ0) is 22.8. The third-order valence-electron chi connectivity index (χ3n) is 4.49. The second-order valence-electron chi connectivity index (χ2n) is 7.82. The number of hydrogen-bond acceptors (Lipinski definition) is 5. The molecular formula is C23H19Cl2N3O2S. The van der Waals surface area contributed by atoms with Crippen LogP contribution in [0.2, 0.25) is 10.0 Å². The molecule has 0 saturated heterocycles. The van der Waals surface area contributed by atoms with Crippen molar-refractivity contribution >= 4 is 51.7 Å². The Balaban J connectivity index is 1.78. The SMILES string of the molecule is CC(C)(C)c1ccc(-c2csc(NC(=O)/C(C#N)=C/c3cc(Cl)c(O)c(Cl)c3)n2)cc1. The van der Waals surface area contributed by atoms with E-state index in [0.717, 1.165) is 11.3 Å². The molecule has 0 saturated carbocycles. The third-order valence-corrected chi connectivity index (χ3v) is 5.82. The molecule has 158 valence electrons.